The molecule has 0 aliphatic carbocycles. The summed E-state index contributed by atoms with van der Waals surface area (Å²) in [5.74, 6) is 0.215. The number of hydrogen-bond donors (Lipinski definition) is 1. The second-order valence-electron chi connectivity index (χ2n) is 6.08. The summed E-state index contributed by atoms with van der Waals surface area (Å²) >= 11 is 0. The predicted octanol–water partition coefficient (Wildman–Crippen LogP) is 0.683. The van der Waals surface area contributed by atoms with Crippen LogP contribution in [0.15, 0.2) is 29.2 Å². The highest BCUT2D eigenvalue weighted by atomic mass is 32.2. The van der Waals surface area contributed by atoms with E-state index in [4.69, 9.17) is 9.84 Å². The van der Waals surface area contributed by atoms with E-state index in [2.05, 4.69) is 10.1 Å². The Morgan fingerprint density at radius 3 is 2.81 bits per heavy atom. The topological polar surface area (TPSA) is 115 Å². The maximum atomic E-state index is 12.9. The standard InChI is InChI=1S/C16H20N4O5S/c1-11-17-12(2)20(18-11)10-14-9-19(6-7-25-14)26(23,24)15-5-3-4-13(8-15)16(21)22/h3-5,8,14H,6-7,9-10H2,1-2H3,(H,21,22). The summed E-state index contributed by atoms with van der Waals surface area (Å²) in [5, 5.41) is 13.3. The highest BCUT2D eigenvalue weighted by molar-refractivity contribution is 7.89. The Kier molecular flexibility index (Phi) is 5.08. The third kappa shape index (κ3) is 3.76. The number of ether oxygens (including phenoxy) is 1. The molecule has 9 nitrogen and oxygen atoms in total. The number of morpholine rings is 1. The molecule has 26 heavy (non-hydrogen) atoms. The molecule has 2 heterocycles. The lowest BCUT2D eigenvalue weighted by atomic mass is 10.2. The van der Waals surface area contributed by atoms with Gasteiger partial charge >= 0.3 is 5.97 Å². The van der Waals surface area contributed by atoms with Crippen LogP contribution in [0.5, 0.6) is 0 Å². The van der Waals surface area contributed by atoms with Crippen molar-refractivity contribution in [1.82, 2.24) is 19.1 Å². The Morgan fingerprint density at radius 1 is 1.38 bits per heavy atom. The summed E-state index contributed by atoms with van der Waals surface area (Å²) in [5.41, 5.74) is -0.0652. The predicted molar refractivity (Wildman–Crippen MR) is 91.4 cm³/mol. The summed E-state index contributed by atoms with van der Waals surface area (Å²) in [6.07, 6.45) is -0.360. The van der Waals surface area contributed by atoms with Crippen molar-refractivity contribution in [2.75, 3.05) is 19.7 Å². The van der Waals surface area contributed by atoms with Crippen LogP contribution in [0, 0.1) is 13.8 Å². The van der Waals surface area contributed by atoms with Gasteiger partial charge in [-0.3, -0.25) is 0 Å². The molecule has 0 amide bonds. The largest absolute Gasteiger partial charge is 0.478 e. The van der Waals surface area contributed by atoms with Gasteiger partial charge in [0.05, 0.1) is 29.7 Å². The number of carbonyl (C=O) groups is 1. The minimum atomic E-state index is -3.80. The molecule has 1 aromatic carbocycles. The molecule has 1 unspecified atom stereocenters. The van der Waals surface area contributed by atoms with E-state index in [1.807, 2.05) is 6.92 Å². The van der Waals surface area contributed by atoms with Crippen LogP contribution in [0.3, 0.4) is 0 Å². The van der Waals surface area contributed by atoms with Gasteiger partial charge in [0.2, 0.25) is 10.0 Å². The Labute approximate surface area is 151 Å². The Bertz CT molecular complexity index is 924. The van der Waals surface area contributed by atoms with Gasteiger partial charge in [-0.2, -0.15) is 9.40 Å². The second kappa shape index (κ2) is 7.14. The van der Waals surface area contributed by atoms with Crippen LogP contribution in [0.2, 0.25) is 0 Å². The number of nitrogens with zero attached hydrogens (tertiary/aromatic N) is 4. The molecule has 1 aromatic heterocycles. The molecule has 2 aromatic rings. The van der Waals surface area contributed by atoms with E-state index >= 15 is 0 Å². The molecule has 1 atom stereocenters. The van der Waals surface area contributed by atoms with Crippen molar-refractivity contribution in [1.29, 1.82) is 0 Å². The minimum absolute atomic E-state index is 0.0363. The van der Waals surface area contributed by atoms with Gasteiger partial charge in [0.25, 0.3) is 0 Å². The number of sulfonamides is 1. The van der Waals surface area contributed by atoms with Crippen LogP contribution in [0.1, 0.15) is 22.0 Å². The maximum absolute atomic E-state index is 12.9. The summed E-state index contributed by atoms with van der Waals surface area (Å²) < 4.78 is 34.4. The van der Waals surface area contributed by atoms with E-state index in [1.165, 1.54) is 28.6 Å². The molecular formula is C16H20N4O5S. The van der Waals surface area contributed by atoms with Gasteiger partial charge in [0.15, 0.2) is 0 Å². The molecule has 1 aliphatic heterocycles. The molecule has 140 valence electrons. The average molecular weight is 380 g/mol. The van der Waals surface area contributed by atoms with Gasteiger partial charge in [-0.1, -0.05) is 6.07 Å². The first-order valence-corrected chi connectivity index (χ1v) is 9.54. The quantitative estimate of drug-likeness (QED) is 0.811. The smallest absolute Gasteiger partial charge is 0.335 e. The van der Waals surface area contributed by atoms with Crippen molar-refractivity contribution in [2.45, 2.75) is 31.4 Å². The number of hydrogen-bond acceptors (Lipinski definition) is 6. The highest BCUT2D eigenvalue weighted by Gasteiger charge is 2.31. The highest BCUT2D eigenvalue weighted by Crippen LogP contribution is 2.20. The maximum Gasteiger partial charge on any atom is 0.335 e. The van der Waals surface area contributed by atoms with Crippen molar-refractivity contribution in [2.24, 2.45) is 0 Å². The molecule has 0 bridgehead atoms. The first kappa shape index (κ1) is 18.5. The molecule has 0 spiro atoms. The van der Waals surface area contributed by atoms with E-state index in [9.17, 15) is 13.2 Å². The van der Waals surface area contributed by atoms with E-state index < -0.39 is 16.0 Å². The van der Waals surface area contributed by atoms with Crippen LogP contribution in [-0.2, 0) is 21.3 Å². The van der Waals surface area contributed by atoms with Crippen molar-refractivity contribution in [3.63, 3.8) is 0 Å². The monoisotopic (exact) mass is 380 g/mol. The third-order valence-electron chi connectivity index (χ3n) is 4.16. The molecule has 1 N–H and O–H groups in total. The molecule has 0 saturated carbocycles. The second-order valence-corrected chi connectivity index (χ2v) is 8.02. The lowest BCUT2D eigenvalue weighted by Gasteiger charge is -2.32. The molecule has 3 rings (SSSR count). The normalized spacial score (nSPS) is 18.8. The summed E-state index contributed by atoms with van der Waals surface area (Å²) in [4.78, 5) is 15.3. The van der Waals surface area contributed by atoms with Gasteiger partial charge in [0, 0.05) is 13.1 Å². The molecule has 1 aliphatic rings. The van der Waals surface area contributed by atoms with Crippen LogP contribution in [0.4, 0.5) is 0 Å². The molecule has 1 saturated heterocycles. The van der Waals surface area contributed by atoms with Crippen molar-refractivity contribution in [3.05, 3.63) is 41.5 Å². The summed E-state index contributed by atoms with van der Waals surface area (Å²) in [7, 11) is -3.80. The molecular weight excluding hydrogens is 360 g/mol. The van der Waals surface area contributed by atoms with Crippen LogP contribution < -0.4 is 0 Å². The van der Waals surface area contributed by atoms with E-state index in [1.54, 1.807) is 11.6 Å². The third-order valence-corrected chi connectivity index (χ3v) is 6.02. The van der Waals surface area contributed by atoms with Crippen LogP contribution in [-0.4, -0.2) is 64.4 Å². The van der Waals surface area contributed by atoms with Gasteiger partial charge < -0.3 is 9.84 Å². The van der Waals surface area contributed by atoms with Crippen molar-refractivity contribution < 1.29 is 23.1 Å². The fraction of sp³-hybridized carbons (Fsp3) is 0.438. The lowest BCUT2D eigenvalue weighted by molar-refractivity contribution is -0.0124. The Balaban J connectivity index is 1.79. The number of aromatic nitrogens is 3. The van der Waals surface area contributed by atoms with Gasteiger partial charge in [0.1, 0.15) is 11.6 Å². The van der Waals surface area contributed by atoms with Gasteiger partial charge in [-0.05, 0) is 32.0 Å². The molecule has 1 fully saturated rings. The van der Waals surface area contributed by atoms with Crippen LogP contribution in [0.25, 0.3) is 0 Å². The Hall–Kier alpha value is -2.30. The number of aromatic carboxylic acids is 1. The summed E-state index contributed by atoms with van der Waals surface area (Å²) in [6.45, 7) is 4.65. The Morgan fingerprint density at radius 2 is 2.15 bits per heavy atom. The zero-order valence-electron chi connectivity index (χ0n) is 14.5. The number of aryl methyl sites for hydroxylation is 2. The number of benzene rings is 1. The fourth-order valence-electron chi connectivity index (χ4n) is 2.89. The van der Waals surface area contributed by atoms with Crippen molar-refractivity contribution >= 4 is 16.0 Å². The van der Waals surface area contributed by atoms with Crippen molar-refractivity contribution in [3.8, 4) is 0 Å². The molecule has 10 heteroatoms. The van der Waals surface area contributed by atoms with E-state index in [0.29, 0.717) is 12.4 Å². The number of rotatable bonds is 5. The number of carboxylic acid groups (broad SMARTS) is 1. The summed E-state index contributed by atoms with van der Waals surface area (Å²) in [6, 6.07) is 5.36. The first-order valence-electron chi connectivity index (χ1n) is 8.10. The van der Waals surface area contributed by atoms with Gasteiger partial charge in [-0.25, -0.2) is 22.9 Å². The fourth-order valence-corrected chi connectivity index (χ4v) is 4.39. The molecule has 0 radical (unpaired) electrons. The van der Waals surface area contributed by atoms with Crippen LogP contribution >= 0.6 is 0 Å². The van der Waals surface area contributed by atoms with E-state index in [-0.39, 0.29) is 36.3 Å². The zero-order chi connectivity index (χ0) is 18.9. The number of carboxylic acids is 1. The lowest BCUT2D eigenvalue weighted by Crippen LogP contribution is -2.47. The minimum Gasteiger partial charge on any atom is -0.478 e. The SMILES string of the molecule is Cc1nc(C)n(CC2CN(S(=O)(=O)c3cccc(C(=O)O)c3)CCO2)n1. The zero-order valence-corrected chi connectivity index (χ0v) is 15.3. The first-order chi connectivity index (χ1) is 12.3. The van der Waals surface area contributed by atoms with E-state index in [0.717, 1.165) is 5.82 Å². The van der Waals surface area contributed by atoms with Gasteiger partial charge in [-0.15, -0.1) is 0 Å². The average Bonchev–Trinajstić information content (AvgIpc) is 2.92.